The molecule has 0 amide bonds. The van der Waals surface area contributed by atoms with Crippen LogP contribution in [0.5, 0.6) is 0 Å². The third-order valence-corrected chi connectivity index (χ3v) is 3.30. The topological polar surface area (TPSA) is 32.3 Å². The van der Waals surface area contributed by atoms with E-state index in [-0.39, 0.29) is 5.60 Å². The summed E-state index contributed by atoms with van der Waals surface area (Å²) in [6.45, 7) is 2.05. The smallest absolute Gasteiger partial charge is 0.0700 e. The average Bonchev–Trinajstić information content (AvgIpc) is 2.03. The van der Waals surface area contributed by atoms with Gasteiger partial charge in [0.25, 0.3) is 0 Å². The van der Waals surface area contributed by atoms with Gasteiger partial charge in [-0.15, -0.1) is 0 Å². The average molecular weight is 155 g/mol. The fraction of sp³-hybridized carbons (Fsp3) is 1.00. The summed E-state index contributed by atoms with van der Waals surface area (Å²) in [5.41, 5.74) is -0.288. The molecule has 2 heteroatoms. The zero-order valence-corrected chi connectivity index (χ0v) is 6.97. The van der Waals surface area contributed by atoms with Gasteiger partial charge in [0, 0.05) is 12.5 Å². The Kier molecular flexibility index (Phi) is 1.90. The van der Waals surface area contributed by atoms with Crippen molar-refractivity contribution in [3.05, 3.63) is 0 Å². The lowest BCUT2D eigenvalue weighted by atomic mass is 9.72. The van der Waals surface area contributed by atoms with Gasteiger partial charge in [-0.2, -0.15) is 0 Å². The van der Waals surface area contributed by atoms with E-state index in [1.165, 1.54) is 19.3 Å². The molecule has 0 bridgehead atoms. The maximum absolute atomic E-state index is 10.2. The molecule has 0 aromatic rings. The van der Waals surface area contributed by atoms with Crippen LogP contribution in [-0.4, -0.2) is 23.8 Å². The first-order valence-electron chi connectivity index (χ1n) is 4.74. The highest BCUT2D eigenvalue weighted by molar-refractivity contribution is 4.94. The molecule has 1 aliphatic carbocycles. The Hall–Kier alpha value is -0.0800. The maximum Gasteiger partial charge on any atom is 0.0700 e. The van der Waals surface area contributed by atoms with E-state index in [1.807, 2.05) is 0 Å². The highest BCUT2D eigenvalue weighted by Crippen LogP contribution is 2.37. The lowest BCUT2D eigenvalue weighted by Gasteiger charge is -2.43. The van der Waals surface area contributed by atoms with E-state index in [1.54, 1.807) is 0 Å². The SMILES string of the molecule is O[C@@]12CCCC[C@@H]1CNCC2. The number of piperidine rings is 1. The van der Waals surface area contributed by atoms with Crippen LogP contribution in [0.2, 0.25) is 0 Å². The number of aliphatic hydroxyl groups is 1. The Morgan fingerprint density at radius 1 is 1.27 bits per heavy atom. The van der Waals surface area contributed by atoms with Crippen molar-refractivity contribution < 1.29 is 5.11 Å². The van der Waals surface area contributed by atoms with E-state index in [0.717, 1.165) is 25.9 Å². The van der Waals surface area contributed by atoms with Crippen LogP contribution in [0, 0.1) is 5.92 Å². The molecule has 2 N–H and O–H groups in total. The van der Waals surface area contributed by atoms with Gasteiger partial charge in [0.05, 0.1) is 5.60 Å². The van der Waals surface area contributed by atoms with E-state index in [2.05, 4.69) is 5.32 Å². The Labute approximate surface area is 68.0 Å². The van der Waals surface area contributed by atoms with Gasteiger partial charge in [0.2, 0.25) is 0 Å². The van der Waals surface area contributed by atoms with E-state index in [0.29, 0.717) is 5.92 Å². The molecule has 1 aliphatic heterocycles. The molecule has 2 rings (SSSR count). The van der Waals surface area contributed by atoms with Gasteiger partial charge in [0.15, 0.2) is 0 Å². The normalized spacial score (nSPS) is 45.0. The summed E-state index contributed by atoms with van der Waals surface area (Å²) < 4.78 is 0. The summed E-state index contributed by atoms with van der Waals surface area (Å²) in [4.78, 5) is 0. The third kappa shape index (κ3) is 1.30. The summed E-state index contributed by atoms with van der Waals surface area (Å²) in [5.74, 6) is 0.546. The lowest BCUT2D eigenvalue weighted by Crippen LogP contribution is -2.51. The molecule has 0 radical (unpaired) electrons. The molecule has 0 aromatic carbocycles. The van der Waals surface area contributed by atoms with Crippen LogP contribution in [0.1, 0.15) is 32.1 Å². The lowest BCUT2D eigenvalue weighted by molar-refractivity contribution is -0.0671. The van der Waals surface area contributed by atoms with Crippen LogP contribution in [-0.2, 0) is 0 Å². The Balaban J connectivity index is 2.06. The minimum Gasteiger partial charge on any atom is -0.390 e. The van der Waals surface area contributed by atoms with Gasteiger partial charge in [0.1, 0.15) is 0 Å². The zero-order chi connectivity index (χ0) is 7.73. The molecule has 2 nitrogen and oxygen atoms in total. The molecule has 1 heterocycles. The van der Waals surface area contributed by atoms with Gasteiger partial charge in [-0.05, 0) is 25.8 Å². The van der Waals surface area contributed by atoms with E-state index >= 15 is 0 Å². The van der Waals surface area contributed by atoms with Crippen molar-refractivity contribution in [2.75, 3.05) is 13.1 Å². The number of nitrogens with one attached hydrogen (secondary N) is 1. The highest BCUT2D eigenvalue weighted by atomic mass is 16.3. The largest absolute Gasteiger partial charge is 0.390 e. The van der Waals surface area contributed by atoms with Crippen molar-refractivity contribution in [1.82, 2.24) is 5.32 Å². The first-order chi connectivity index (χ1) is 5.31. The van der Waals surface area contributed by atoms with E-state index < -0.39 is 0 Å². The Morgan fingerprint density at radius 3 is 3.00 bits per heavy atom. The van der Waals surface area contributed by atoms with Crippen molar-refractivity contribution in [3.8, 4) is 0 Å². The summed E-state index contributed by atoms with van der Waals surface area (Å²) in [7, 11) is 0. The summed E-state index contributed by atoms with van der Waals surface area (Å²) >= 11 is 0. The first-order valence-corrected chi connectivity index (χ1v) is 4.74. The molecular weight excluding hydrogens is 138 g/mol. The summed E-state index contributed by atoms with van der Waals surface area (Å²) in [6.07, 6.45) is 5.78. The van der Waals surface area contributed by atoms with Crippen molar-refractivity contribution in [3.63, 3.8) is 0 Å². The van der Waals surface area contributed by atoms with E-state index in [4.69, 9.17) is 0 Å². The molecule has 2 fully saturated rings. The third-order valence-electron chi connectivity index (χ3n) is 3.30. The molecule has 0 aromatic heterocycles. The van der Waals surface area contributed by atoms with Crippen LogP contribution in [0.25, 0.3) is 0 Å². The Bertz CT molecular complexity index is 134. The highest BCUT2D eigenvalue weighted by Gasteiger charge is 2.39. The standard InChI is InChI=1S/C9H17NO/c11-9-4-2-1-3-8(9)7-10-6-5-9/h8,10-11H,1-7H2/t8-,9-/m1/s1. The molecule has 2 atom stereocenters. The number of hydrogen-bond acceptors (Lipinski definition) is 2. The van der Waals surface area contributed by atoms with E-state index in [9.17, 15) is 5.11 Å². The molecule has 64 valence electrons. The fourth-order valence-corrected chi connectivity index (χ4v) is 2.50. The summed E-state index contributed by atoms with van der Waals surface area (Å²) in [5, 5.41) is 13.5. The van der Waals surface area contributed by atoms with Crippen LogP contribution in [0.15, 0.2) is 0 Å². The molecule has 1 saturated carbocycles. The number of rotatable bonds is 0. The number of fused-ring (bicyclic) bond motifs is 1. The molecule has 11 heavy (non-hydrogen) atoms. The molecule has 2 aliphatic rings. The van der Waals surface area contributed by atoms with Crippen molar-refractivity contribution in [2.45, 2.75) is 37.7 Å². The van der Waals surface area contributed by atoms with Crippen molar-refractivity contribution in [2.24, 2.45) is 5.92 Å². The second-order valence-electron chi connectivity index (χ2n) is 4.00. The number of hydrogen-bond donors (Lipinski definition) is 2. The monoisotopic (exact) mass is 155 g/mol. The predicted molar refractivity (Wildman–Crippen MR) is 44.4 cm³/mol. The molecule has 0 unspecified atom stereocenters. The van der Waals surface area contributed by atoms with Gasteiger partial charge >= 0.3 is 0 Å². The molecule has 1 saturated heterocycles. The van der Waals surface area contributed by atoms with Gasteiger partial charge < -0.3 is 10.4 Å². The van der Waals surface area contributed by atoms with Crippen LogP contribution < -0.4 is 5.32 Å². The first kappa shape index (κ1) is 7.56. The quantitative estimate of drug-likeness (QED) is 0.545. The van der Waals surface area contributed by atoms with Gasteiger partial charge in [-0.1, -0.05) is 12.8 Å². The molecular formula is C9H17NO. The minimum absolute atomic E-state index is 0.288. The van der Waals surface area contributed by atoms with Gasteiger partial charge in [-0.3, -0.25) is 0 Å². The van der Waals surface area contributed by atoms with Crippen molar-refractivity contribution in [1.29, 1.82) is 0 Å². The summed E-state index contributed by atoms with van der Waals surface area (Å²) in [6, 6.07) is 0. The van der Waals surface area contributed by atoms with Crippen LogP contribution >= 0.6 is 0 Å². The molecule has 0 spiro atoms. The second kappa shape index (κ2) is 2.76. The zero-order valence-electron chi connectivity index (χ0n) is 6.97. The maximum atomic E-state index is 10.2. The fourth-order valence-electron chi connectivity index (χ4n) is 2.50. The predicted octanol–water partition coefficient (Wildman–Crippen LogP) is 0.901. The Morgan fingerprint density at radius 2 is 2.18 bits per heavy atom. The van der Waals surface area contributed by atoms with Crippen LogP contribution in [0.3, 0.4) is 0 Å². The van der Waals surface area contributed by atoms with Gasteiger partial charge in [-0.25, -0.2) is 0 Å². The van der Waals surface area contributed by atoms with Crippen molar-refractivity contribution >= 4 is 0 Å². The second-order valence-corrected chi connectivity index (χ2v) is 4.00. The minimum atomic E-state index is -0.288. The van der Waals surface area contributed by atoms with Crippen LogP contribution in [0.4, 0.5) is 0 Å².